The molecule has 0 radical (unpaired) electrons. The van der Waals surface area contributed by atoms with Gasteiger partial charge in [0.1, 0.15) is 22.5 Å². The van der Waals surface area contributed by atoms with E-state index in [9.17, 15) is 24.6 Å². The van der Waals surface area contributed by atoms with E-state index in [1.807, 2.05) is 0 Å². The van der Waals surface area contributed by atoms with Gasteiger partial charge < -0.3 is 28.5 Å². The van der Waals surface area contributed by atoms with Crippen molar-refractivity contribution in [2.24, 2.45) is 0 Å². The number of phenolic OH excluding ortho intramolecular Hbond substituents is 2. The Balaban J connectivity index is 0.000000202. The first-order valence-electron chi connectivity index (χ1n) is 11.3. The van der Waals surface area contributed by atoms with Gasteiger partial charge in [-0.2, -0.15) is 0 Å². The molecule has 0 saturated carbocycles. The average molecular weight is 498 g/mol. The second kappa shape index (κ2) is 12.3. The minimum atomic E-state index is -0.330. The molecule has 0 bridgehead atoms. The lowest BCUT2D eigenvalue weighted by atomic mass is 10.2. The third-order valence-electron chi connectivity index (χ3n) is 4.85. The highest BCUT2D eigenvalue weighted by molar-refractivity contribution is 5.96. The molecule has 0 aliphatic carbocycles. The number of rotatable bonds is 9. The van der Waals surface area contributed by atoms with Gasteiger partial charge >= 0.3 is 11.9 Å². The number of hydrogen-bond acceptors (Lipinski definition) is 11. The Labute approximate surface area is 205 Å². The molecule has 0 fully saturated rings. The summed E-state index contributed by atoms with van der Waals surface area (Å²) in [6.07, 6.45) is 1.60. The quantitative estimate of drug-likeness (QED) is 0.254. The fraction of sp³-hybridized carbons (Fsp3) is 0.320. The van der Waals surface area contributed by atoms with Crippen molar-refractivity contribution in [3.05, 3.63) is 47.7 Å². The van der Waals surface area contributed by atoms with E-state index in [1.54, 1.807) is 19.9 Å². The lowest BCUT2D eigenvalue weighted by Gasteiger charge is -1.98. The first-order valence-corrected chi connectivity index (χ1v) is 11.3. The number of aromatic nitrogens is 2. The molecule has 0 aliphatic rings. The van der Waals surface area contributed by atoms with Crippen LogP contribution in [0.2, 0.25) is 0 Å². The summed E-state index contributed by atoms with van der Waals surface area (Å²) in [5.74, 6) is 0.201. The minimum Gasteiger partial charge on any atom is -0.508 e. The summed E-state index contributed by atoms with van der Waals surface area (Å²) in [6.45, 7) is 4.20. The predicted molar refractivity (Wildman–Crippen MR) is 127 cm³/mol. The van der Waals surface area contributed by atoms with E-state index in [2.05, 4.69) is 9.97 Å². The highest BCUT2D eigenvalue weighted by atomic mass is 16.5. The summed E-state index contributed by atoms with van der Waals surface area (Å²) in [7, 11) is 0. The standard InChI is InChI=1S/C13H13NO5.C12H13NO4/c1-2-18-12(17)6-5-11-14-13-8(7-15)9(16)3-4-10(13)19-11;1-2-16-12(15)6-5-11-13-9-7-8(14)3-4-10(9)17-11/h3-4,7,16H,2,5-6H2,1H3;3-4,7,14H,2,5-6H2,1H3. The van der Waals surface area contributed by atoms with E-state index >= 15 is 0 Å². The third-order valence-corrected chi connectivity index (χ3v) is 4.85. The number of hydrogen-bond donors (Lipinski definition) is 2. The first kappa shape index (κ1) is 26.2. The Morgan fingerprint density at radius 1 is 0.889 bits per heavy atom. The van der Waals surface area contributed by atoms with Crippen molar-refractivity contribution >= 4 is 40.4 Å². The molecule has 2 N–H and O–H groups in total. The van der Waals surface area contributed by atoms with Crippen molar-refractivity contribution in [1.82, 2.24) is 9.97 Å². The molecule has 11 nitrogen and oxygen atoms in total. The van der Waals surface area contributed by atoms with Crippen molar-refractivity contribution in [3.8, 4) is 11.5 Å². The maximum absolute atomic E-state index is 11.2. The van der Waals surface area contributed by atoms with E-state index in [4.69, 9.17) is 18.3 Å². The molecule has 36 heavy (non-hydrogen) atoms. The third kappa shape index (κ3) is 6.81. The summed E-state index contributed by atoms with van der Waals surface area (Å²) in [5.41, 5.74) is 1.97. The van der Waals surface area contributed by atoms with Crippen LogP contribution in [0.4, 0.5) is 0 Å². The predicted octanol–water partition coefficient (Wildman–Crippen LogP) is 3.87. The molecule has 2 aromatic heterocycles. The van der Waals surface area contributed by atoms with Gasteiger partial charge in [0.25, 0.3) is 0 Å². The SMILES string of the molecule is CCOC(=O)CCc1nc2c(C=O)c(O)ccc2o1.CCOC(=O)CCc1nc2cc(O)ccc2o1. The molecule has 0 atom stereocenters. The summed E-state index contributed by atoms with van der Waals surface area (Å²) >= 11 is 0. The molecular weight excluding hydrogens is 472 g/mol. The number of aryl methyl sites for hydroxylation is 2. The van der Waals surface area contributed by atoms with Crippen LogP contribution in [0.5, 0.6) is 11.5 Å². The lowest BCUT2D eigenvalue weighted by molar-refractivity contribution is -0.144. The van der Waals surface area contributed by atoms with E-state index in [-0.39, 0.29) is 48.3 Å². The van der Waals surface area contributed by atoms with Gasteiger partial charge in [0.2, 0.25) is 0 Å². The van der Waals surface area contributed by atoms with Crippen LogP contribution in [-0.4, -0.2) is 51.6 Å². The zero-order valence-corrected chi connectivity index (χ0v) is 19.9. The molecule has 190 valence electrons. The average Bonchev–Trinajstić information content (AvgIpc) is 3.45. The van der Waals surface area contributed by atoms with Crippen molar-refractivity contribution in [3.63, 3.8) is 0 Å². The normalized spacial score (nSPS) is 10.6. The van der Waals surface area contributed by atoms with E-state index in [0.717, 1.165) is 0 Å². The molecule has 2 heterocycles. The van der Waals surface area contributed by atoms with Crippen molar-refractivity contribution in [1.29, 1.82) is 0 Å². The van der Waals surface area contributed by atoms with Crippen LogP contribution < -0.4 is 0 Å². The van der Waals surface area contributed by atoms with Gasteiger partial charge in [-0.15, -0.1) is 0 Å². The van der Waals surface area contributed by atoms with Crippen molar-refractivity contribution in [2.75, 3.05) is 13.2 Å². The Hall–Kier alpha value is -4.41. The Kier molecular flexibility index (Phi) is 8.98. The highest BCUT2D eigenvalue weighted by Crippen LogP contribution is 2.26. The number of carbonyl (C=O) groups excluding carboxylic acids is 3. The van der Waals surface area contributed by atoms with Gasteiger partial charge in [-0.1, -0.05) is 0 Å². The van der Waals surface area contributed by atoms with Crippen molar-refractivity contribution in [2.45, 2.75) is 39.5 Å². The fourth-order valence-electron chi connectivity index (χ4n) is 3.23. The second-order valence-electron chi connectivity index (χ2n) is 7.44. The van der Waals surface area contributed by atoms with E-state index in [1.165, 1.54) is 24.3 Å². The van der Waals surface area contributed by atoms with Crippen LogP contribution in [0.15, 0.2) is 39.2 Å². The number of aromatic hydroxyl groups is 2. The molecule has 0 amide bonds. The molecular formula is C25H26N2O9. The first-order chi connectivity index (χ1) is 17.3. The lowest BCUT2D eigenvalue weighted by Crippen LogP contribution is -2.05. The number of oxazole rings is 2. The van der Waals surface area contributed by atoms with Gasteiger partial charge in [0, 0.05) is 18.9 Å². The maximum atomic E-state index is 11.2. The molecule has 0 unspecified atom stereocenters. The Bertz CT molecular complexity index is 1360. The number of carbonyl (C=O) groups is 3. The summed E-state index contributed by atoms with van der Waals surface area (Å²) < 4.78 is 20.4. The molecule has 4 rings (SSSR count). The molecule has 0 aliphatic heterocycles. The smallest absolute Gasteiger partial charge is 0.306 e. The van der Waals surface area contributed by atoms with Crippen LogP contribution in [-0.2, 0) is 31.9 Å². The summed E-state index contributed by atoms with van der Waals surface area (Å²) in [4.78, 5) is 41.5. The highest BCUT2D eigenvalue weighted by Gasteiger charge is 2.14. The molecule has 0 saturated heterocycles. The molecule has 2 aromatic carbocycles. The number of phenols is 2. The van der Waals surface area contributed by atoms with Crippen LogP contribution in [0.3, 0.4) is 0 Å². The zero-order chi connectivity index (χ0) is 26.1. The van der Waals surface area contributed by atoms with Gasteiger partial charge in [0.05, 0.1) is 31.6 Å². The second-order valence-corrected chi connectivity index (χ2v) is 7.44. The number of fused-ring (bicyclic) bond motifs is 2. The summed E-state index contributed by atoms with van der Waals surface area (Å²) in [6, 6.07) is 7.59. The Morgan fingerprint density at radius 2 is 1.47 bits per heavy atom. The zero-order valence-electron chi connectivity index (χ0n) is 19.9. The van der Waals surface area contributed by atoms with Crippen molar-refractivity contribution < 1.29 is 42.9 Å². The Morgan fingerprint density at radius 3 is 2.08 bits per heavy atom. The number of aldehydes is 1. The van der Waals surface area contributed by atoms with Gasteiger partial charge in [0.15, 0.2) is 29.2 Å². The van der Waals surface area contributed by atoms with Crippen LogP contribution in [0.1, 0.15) is 48.8 Å². The van der Waals surface area contributed by atoms with Crippen LogP contribution >= 0.6 is 0 Å². The van der Waals surface area contributed by atoms with Gasteiger partial charge in [-0.05, 0) is 38.1 Å². The summed E-state index contributed by atoms with van der Waals surface area (Å²) in [5, 5.41) is 18.8. The number of esters is 2. The minimum absolute atomic E-state index is 0.0867. The van der Waals surface area contributed by atoms with Crippen LogP contribution in [0, 0.1) is 0 Å². The monoisotopic (exact) mass is 498 g/mol. The van der Waals surface area contributed by atoms with E-state index < -0.39 is 0 Å². The van der Waals surface area contributed by atoms with Crippen LogP contribution in [0.25, 0.3) is 22.2 Å². The number of ether oxygens (including phenoxy) is 2. The molecule has 11 heteroatoms. The maximum Gasteiger partial charge on any atom is 0.306 e. The van der Waals surface area contributed by atoms with Gasteiger partial charge in [-0.25, -0.2) is 9.97 Å². The number of nitrogens with zero attached hydrogens (tertiary/aromatic N) is 2. The fourth-order valence-corrected chi connectivity index (χ4v) is 3.23. The van der Waals surface area contributed by atoms with Gasteiger partial charge in [-0.3, -0.25) is 14.4 Å². The molecule has 0 spiro atoms. The molecule has 4 aromatic rings. The number of benzene rings is 2. The largest absolute Gasteiger partial charge is 0.508 e. The topological polar surface area (TPSA) is 162 Å². The van der Waals surface area contributed by atoms with E-state index in [0.29, 0.717) is 59.9 Å².